The van der Waals surface area contributed by atoms with Gasteiger partial charge < -0.3 is 14.8 Å². The van der Waals surface area contributed by atoms with Crippen molar-refractivity contribution >= 4 is 12.1 Å². The number of hydrogen-bond acceptors (Lipinski definition) is 4. The Morgan fingerprint density at radius 2 is 1.88 bits per heavy atom. The molecule has 1 amide bonds. The van der Waals surface area contributed by atoms with Crippen molar-refractivity contribution in [2.24, 2.45) is 5.92 Å². The lowest BCUT2D eigenvalue weighted by Gasteiger charge is -2.27. The molecular formula is C11H19NO4. The van der Waals surface area contributed by atoms with Crippen LogP contribution in [-0.2, 0) is 14.3 Å². The van der Waals surface area contributed by atoms with Crippen molar-refractivity contribution < 1.29 is 19.1 Å². The lowest BCUT2D eigenvalue weighted by Crippen LogP contribution is -2.39. The molecule has 5 heteroatoms. The Morgan fingerprint density at radius 1 is 1.25 bits per heavy atom. The molecule has 0 aromatic rings. The van der Waals surface area contributed by atoms with Crippen molar-refractivity contribution in [1.29, 1.82) is 0 Å². The monoisotopic (exact) mass is 229 g/mol. The fourth-order valence-electron chi connectivity index (χ4n) is 1.98. The molecule has 1 fully saturated rings. The van der Waals surface area contributed by atoms with Crippen molar-refractivity contribution in [2.75, 3.05) is 13.7 Å². The molecule has 0 aromatic carbocycles. The first-order valence-corrected chi connectivity index (χ1v) is 5.68. The number of carbonyl (C=O) groups is 2. The molecule has 1 N–H and O–H groups in total. The maximum atomic E-state index is 11.3. The largest absolute Gasteiger partial charge is 0.469 e. The molecule has 1 rings (SSSR count). The highest BCUT2D eigenvalue weighted by atomic mass is 16.5. The predicted molar refractivity (Wildman–Crippen MR) is 57.9 cm³/mol. The van der Waals surface area contributed by atoms with Crippen molar-refractivity contribution in [1.82, 2.24) is 5.32 Å². The van der Waals surface area contributed by atoms with Gasteiger partial charge in [-0.25, -0.2) is 4.79 Å². The molecule has 0 aromatic heterocycles. The summed E-state index contributed by atoms with van der Waals surface area (Å²) in [5.41, 5.74) is 0. The molecule has 0 saturated heterocycles. The van der Waals surface area contributed by atoms with E-state index in [-0.39, 0.29) is 24.0 Å². The number of hydrogen-bond donors (Lipinski definition) is 1. The van der Waals surface area contributed by atoms with Crippen LogP contribution in [0.3, 0.4) is 0 Å². The molecule has 0 bridgehead atoms. The quantitative estimate of drug-likeness (QED) is 0.744. The highest BCUT2D eigenvalue weighted by molar-refractivity contribution is 5.72. The minimum absolute atomic E-state index is 0.00903. The third-order valence-electron chi connectivity index (χ3n) is 2.86. The Hall–Kier alpha value is -1.26. The van der Waals surface area contributed by atoms with Gasteiger partial charge in [0.25, 0.3) is 0 Å². The van der Waals surface area contributed by atoms with Gasteiger partial charge in [-0.05, 0) is 32.6 Å². The number of amides is 1. The second kappa shape index (κ2) is 6.35. The molecule has 0 aliphatic heterocycles. The van der Waals surface area contributed by atoms with Crippen LogP contribution in [-0.4, -0.2) is 31.8 Å². The van der Waals surface area contributed by atoms with Crippen LogP contribution in [0, 0.1) is 5.92 Å². The van der Waals surface area contributed by atoms with Crippen LogP contribution in [0.1, 0.15) is 32.6 Å². The molecule has 0 unspecified atom stereocenters. The number of ether oxygens (including phenoxy) is 2. The number of nitrogens with one attached hydrogen (secondary N) is 1. The standard InChI is InChI=1S/C11H19NO4/c1-3-16-11(14)12-9-6-4-8(5-7-9)10(13)15-2/h8-9H,3-7H2,1-2H3,(H,12,14). The molecule has 1 aliphatic carbocycles. The minimum atomic E-state index is -0.371. The summed E-state index contributed by atoms with van der Waals surface area (Å²) in [5.74, 6) is -0.153. The summed E-state index contributed by atoms with van der Waals surface area (Å²) in [7, 11) is 1.41. The molecule has 0 heterocycles. The van der Waals surface area contributed by atoms with Gasteiger partial charge in [0.15, 0.2) is 0 Å². The Balaban J connectivity index is 2.26. The Bertz CT molecular complexity index is 246. The number of carbonyl (C=O) groups excluding carboxylic acids is 2. The number of alkyl carbamates (subject to hydrolysis) is 1. The van der Waals surface area contributed by atoms with E-state index in [1.807, 2.05) is 0 Å². The molecule has 92 valence electrons. The number of rotatable bonds is 3. The summed E-state index contributed by atoms with van der Waals surface area (Å²) in [5, 5.41) is 2.78. The fourth-order valence-corrected chi connectivity index (χ4v) is 1.98. The van der Waals surface area contributed by atoms with E-state index in [1.54, 1.807) is 6.92 Å². The number of esters is 1. The minimum Gasteiger partial charge on any atom is -0.469 e. The lowest BCUT2D eigenvalue weighted by molar-refractivity contribution is -0.146. The summed E-state index contributed by atoms with van der Waals surface area (Å²) < 4.78 is 9.49. The molecule has 0 spiro atoms. The lowest BCUT2D eigenvalue weighted by atomic mass is 9.86. The first-order chi connectivity index (χ1) is 7.67. The van der Waals surface area contributed by atoms with E-state index >= 15 is 0 Å². The van der Waals surface area contributed by atoms with Crippen LogP contribution in [0.25, 0.3) is 0 Å². The van der Waals surface area contributed by atoms with Gasteiger partial charge in [0.1, 0.15) is 0 Å². The van der Waals surface area contributed by atoms with Gasteiger partial charge in [0.05, 0.1) is 19.6 Å². The molecule has 5 nitrogen and oxygen atoms in total. The van der Waals surface area contributed by atoms with Crippen LogP contribution < -0.4 is 5.32 Å². The van der Waals surface area contributed by atoms with Crippen LogP contribution in [0.2, 0.25) is 0 Å². The predicted octanol–water partition coefficient (Wildman–Crippen LogP) is 1.46. The smallest absolute Gasteiger partial charge is 0.407 e. The average Bonchev–Trinajstić information content (AvgIpc) is 2.29. The van der Waals surface area contributed by atoms with Crippen molar-refractivity contribution in [2.45, 2.75) is 38.6 Å². The van der Waals surface area contributed by atoms with Gasteiger partial charge in [0, 0.05) is 6.04 Å². The van der Waals surface area contributed by atoms with Crippen LogP contribution >= 0.6 is 0 Å². The Kier molecular flexibility index (Phi) is 5.08. The number of methoxy groups -OCH3 is 1. The zero-order valence-corrected chi connectivity index (χ0v) is 9.82. The zero-order chi connectivity index (χ0) is 12.0. The van der Waals surface area contributed by atoms with Gasteiger partial charge >= 0.3 is 12.1 Å². The molecule has 0 atom stereocenters. The van der Waals surface area contributed by atoms with Gasteiger partial charge in [-0.3, -0.25) is 4.79 Å². The van der Waals surface area contributed by atoms with Crippen LogP contribution in [0.15, 0.2) is 0 Å². The SMILES string of the molecule is CCOC(=O)NC1CCC(C(=O)OC)CC1. The molecule has 1 saturated carbocycles. The van der Waals surface area contributed by atoms with E-state index in [0.717, 1.165) is 25.7 Å². The van der Waals surface area contributed by atoms with Gasteiger partial charge in [-0.15, -0.1) is 0 Å². The highest BCUT2D eigenvalue weighted by Gasteiger charge is 2.27. The second-order valence-corrected chi connectivity index (χ2v) is 3.94. The maximum Gasteiger partial charge on any atom is 0.407 e. The van der Waals surface area contributed by atoms with E-state index in [9.17, 15) is 9.59 Å². The summed E-state index contributed by atoms with van der Waals surface area (Å²) in [6, 6.07) is 0.125. The second-order valence-electron chi connectivity index (χ2n) is 3.94. The summed E-state index contributed by atoms with van der Waals surface area (Å²) in [6.45, 7) is 2.15. The zero-order valence-electron chi connectivity index (χ0n) is 9.82. The van der Waals surface area contributed by atoms with Crippen LogP contribution in [0.5, 0.6) is 0 Å². The third kappa shape index (κ3) is 3.72. The molecule has 16 heavy (non-hydrogen) atoms. The topological polar surface area (TPSA) is 64.6 Å². The van der Waals surface area contributed by atoms with E-state index in [2.05, 4.69) is 5.32 Å². The summed E-state index contributed by atoms with van der Waals surface area (Å²) in [4.78, 5) is 22.4. The average molecular weight is 229 g/mol. The maximum absolute atomic E-state index is 11.3. The van der Waals surface area contributed by atoms with Crippen LogP contribution in [0.4, 0.5) is 4.79 Å². The fraction of sp³-hybridized carbons (Fsp3) is 0.818. The molecule has 0 radical (unpaired) electrons. The normalized spacial score (nSPS) is 24.6. The van der Waals surface area contributed by atoms with Crippen molar-refractivity contribution in [3.8, 4) is 0 Å². The Labute approximate surface area is 95.5 Å². The highest BCUT2D eigenvalue weighted by Crippen LogP contribution is 2.25. The Morgan fingerprint density at radius 3 is 2.38 bits per heavy atom. The molecule has 1 aliphatic rings. The first-order valence-electron chi connectivity index (χ1n) is 5.68. The van der Waals surface area contributed by atoms with E-state index in [0.29, 0.717) is 6.61 Å². The summed E-state index contributed by atoms with van der Waals surface area (Å²) >= 11 is 0. The van der Waals surface area contributed by atoms with E-state index in [1.165, 1.54) is 7.11 Å². The first kappa shape index (κ1) is 12.8. The van der Waals surface area contributed by atoms with E-state index in [4.69, 9.17) is 9.47 Å². The van der Waals surface area contributed by atoms with E-state index < -0.39 is 0 Å². The van der Waals surface area contributed by atoms with Gasteiger partial charge in [-0.1, -0.05) is 0 Å². The summed E-state index contributed by atoms with van der Waals surface area (Å²) in [6.07, 6.45) is 2.77. The van der Waals surface area contributed by atoms with Gasteiger partial charge in [0.2, 0.25) is 0 Å². The molecular weight excluding hydrogens is 210 g/mol. The van der Waals surface area contributed by atoms with Gasteiger partial charge in [-0.2, -0.15) is 0 Å². The third-order valence-corrected chi connectivity index (χ3v) is 2.86. The van der Waals surface area contributed by atoms with Crippen molar-refractivity contribution in [3.05, 3.63) is 0 Å². The van der Waals surface area contributed by atoms with Crippen molar-refractivity contribution in [3.63, 3.8) is 0 Å².